The second kappa shape index (κ2) is 6.25. The van der Waals surface area contributed by atoms with Crippen LogP contribution in [0.3, 0.4) is 0 Å². The first-order chi connectivity index (χ1) is 3.91. The molecule has 0 aromatic carbocycles. The standard InChI is InChI=1S/C5H9NO2/c1-2-3-7-5-8-4-6/h2-3,5H2,1H3. The summed E-state index contributed by atoms with van der Waals surface area (Å²) in [6.45, 7) is 2.73. The molecule has 0 heterocycles. The Bertz CT molecular complexity index is 77.0. The second-order valence-electron chi connectivity index (χ2n) is 1.26. The Morgan fingerprint density at radius 3 is 2.88 bits per heavy atom. The van der Waals surface area contributed by atoms with Gasteiger partial charge in [-0.3, -0.25) is 0 Å². The molecule has 0 bridgehead atoms. The molecular weight excluding hydrogens is 106 g/mol. The summed E-state index contributed by atoms with van der Waals surface area (Å²) >= 11 is 0. The number of ether oxygens (including phenoxy) is 2. The SMILES string of the molecule is CCCOCOC#N. The fourth-order valence-electron chi connectivity index (χ4n) is 0.271. The molecule has 0 saturated heterocycles. The van der Waals surface area contributed by atoms with Crippen molar-refractivity contribution in [3.8, 4) is 6.26 Å². The van der Waals surface area contributed by atoms with E-state index in [2.05, 4.69) is 4.74 Å². The van der Waals surface area contributed by atoms with E-state index < -0.39 is 0 Å². The van der Waals surface area contributed by atoms with Crippen LogP contribution in [-0.4, -0.2) is 13.4 Å². The van der Waals surface area contributed by atoms with Gasteiger partial charge in [0.05, 0.1) is 6.61 Å². The third kappa shape index (κ3) is 5.25. The van der Waals surface area contributed by atoms with Crippen LogP contribution in [0.1, 0.15) is 13.3 Å². The summed E-state index contributed by atoms with van der Waals surface area (Å²) in [7, 11) is 0. The predicted molar refractivity (Wildman–Crippen MR) is 27.8 cm³/mol. The number of hydrogen-bond donors (Lipinski definition) is 0. The van der Waals surface area contributed by atoms with Crippen molar-refractivity contribution in [2.45, 2.75) is 13.3 Å². The van der Waals surface area contributed by atoms with E-state index in [0.29, 0.717) is 6.61 Å². The summed E-state index contributed by atoms with van der Waals surface area (Å²) in [6.07, 6.45) is 2.45. The first-order valence-corrected chi connectivity index (χ1v) is 2.50. The number of nitrogens with zero attached hydrogens (tertiary/aromatic N) is 1. The molecular formula is C5H9NO2. The lowest BCUT2D eigenvalue weighted by atomic mass is 10.5. The van der Waals surface area contributed by atoms with Gasteiger partial charge in [0.25, 0.3) is 6.26 Å². The highest BCUT2D eigenvalue weighted by Gasteiger charge is 1.80. The van der Waals surface area contributed by atoms with Crippen molar-refractivity contribution >= 4 is 0 Å². The van der Waals surface area contributed by atoms with E-state index in [-0.39, 0.29) is 6.79 Å². The minimum atomic E-state index is 0.0876. The average molecular weight is 115 g/mol. The molecule has 0 aliphatic heterocycles. The van der Waals surface area contributed by atoms with Crippen molar-refractivity contribution in [3.05, 3.63) is 0 Å². The molecule has 0 unspecified atom stereocenters. The molecule has 0 fully saturated rings. The zero-order valence-corrected chi connectivity index (χ0v) is 4.89. The largest absolute Gasteiger partial charge is 0.398 e. The monoisotopic (exact) mass is 115 g/mol. The highest BCUT2D eigenvalue weighted by atomic mass is 16.7. The van der Waals surface area contributed by atoms with Gasteiger partial charge in [0.2, 0.25) is 6.79 Å². The molecule has 0 radical (unpaired) electrons. The quantitative estimate of drug-likeness (QED) is 0.310. The number of hydrogen-bond acceptors (Lipinski definition) is 3. The van der Waals surface area contributed by atoms with Gasteiger partial charge in [0.15, 0.2) is 0 Å². The summed E-state index contributed by atoms with van der Waals surface area (Å²) in [6, 6.07) is 0. The van der Waals surface area contributed by atoms with Gasteiger partial charge >= 0.3 is 0 Å². The molecule has 3 heteroatoms. The van der Waals surface area contributed by atoms with E-state index >= 15 is 0 Å². The van der Waals surface area contributed by atoms with Crippen LogP contribution < -0.4 is 0 Å². The van der Waals surface area contributed by atoms with E-state index in [0.717, 1.165) is 6.42 Å². The third-order valence-corrected chi connectivity index (χ3v) is 0.555. The summed E-state index contributed by atoms with van der Waals surface area (Å²) in [4.78, 5) is 0. The maximum absolute atomic E-state index is 7.81. The average Bonchev–Trinajstić information content (AvgIpc) is 1.81. The smallest absolute Gasteiger partial charge is 0.288 e. The molecule has 0 amide bonds. The molecule has 0 rings (SSSR count). The fraction of sp³-hybridized carbons (Fsp3) is 0.800. The summed E-state index contributed by atoms with van der Waals surface area (Å²) in [5.74, 6) is 0. The van der Waals surface area contributed by atoms with Crippen LogP contribution >= 0.6 is 0 Å². The Kier molecular flexibility index (Phi) is 5.66. The van der Waals surface area contributed by atoms with E-state index in [1.165, 1.54) is 6.26 Å². The van der Waals surface area contributed by atoms with Crippen molar-refractivity contribution in [3.63, 3.8) is 0 Å². The zero-order chi connectivity index (χ0) is 6.24. The Morgan fingerprint density at radius 1 is 1.62 bits per heavy atom. The lowest BCUT2D eigenvalue weighted by molar-refractivity contribution is -0.00332. The minimum Gasteiger partial charge on any atom is -0.398 e. The molecule has 0 aromatic rings. The van der Waals surface area contributed by atoms with E-state index in [1.807, 2.05) is 6.92 Å². The number of nitriles is 1. The topological polar surface area (TPSA) is 42.2 Å². The van der Waals surface area contributed by atoms with Gasteiger partial charge in [-0.15, -0.1) is 0 Å². The van der Waals surface area contributed by atoms with Crippen molar-refractivity contribution in [2.75, 3.05) is 13.4 Å². The second-order valence-corrected chi connectivity index (χ2v) is 1.26. The predicted octanol–water partition coefficient (Wildman–Crippen LogP) is 0.868. The summed E-state index contributed by atoms with van der Waals surface area (Å²) in [5, 5.41) is 7.81. The normalized spacial score (nSPS) is 8.00. The Labute approximate surface area is 48.8 Å². The van der Waals surface area contributed by atoms with Crippen molar-refractivity contribution < 1.29 is 9.47 Å². The van der Waals surface area contributed by atoms with Gasteiger partial charge in [-0.05, 0) is 6.42 Å². The number of rotatable bonds is 4. The first-order valence-electron chi connectivity index (χ1n) is 2.50. The maximum Gasteiger partial charge on any atom is 0.288 e. The molecule has 0 N–H and O–H groups in total. The van der Waals surface area contributed by atoms with Crippen LogP contribution in [0.15, 0.2) is 0 Å². The molecule has 0 aromatic heterocycles. The van der Waals surface area contributed by atoms with Crippen LogP contribution in [0.5, 0.6) is 0 Å². The fourth-order valence-corrected chi connectivity index (χ4v) is 0.271. The lowest BCUT2D eigenvalue weighted by Crippen LogP contribution is -1.95. The van der Waals surface area contributed by atoms with Crippen LogP contribution in [0.4, 0.5) is 0 Å². The molecule has 0 aliphatic carbocycles. The highest BCUT2D eigenvalue weighted by Crippen LogP contribution is 1.78. The Morgan fingerprint density at radius 2 is 2.38 bits per heavy atom. The van der Waals surface area contributed by atoms with E-state index in [9.17, 15) is 0 Å². The van der Waals surface area contributed by atoms with E-state index in [4.69, 9.17) is 10.00 Å². The summed E-state index contributed by atoms with van der Waals surface area (Å²) in [5.41, 5.74) is 0. The van der Waals surface area contributed by atoms with Crippen molar-refractivity contribution in [1.29, 1.82) is 5.26 Å². The molecule has 0 aliphatic rings. The van der Waals surface area contributed by atoms with Gasteiger partial charge in [0.1, 0.15) is 0 Å². The van der Waals surface area contributed by atoms with Crippen LogP contribution in [-0.2, 0) is 9.47 Å². The van der Waals surface area contributed by atoms with Gasteiger partial charge < -0.3 is 9.47 Å². The first kappa shape index (κ1) is 7.25. The van der Waals surface area contributed by atoms with Gasteiger partial charge in [-0.2, -0.15) is 5.26 Å². The van der Waals surface area contributed by atoms with Gasteiger partial charge in [0, 0.05) is 0 Å². The lowest BCUT2D eigenvalue weighted by Gasteiger charge is -1.95. The Balaban J connectivity index is 2.65. The van der Waals surface area contributed by atoms with Gasteiger partial charge in [-0.25, -0.2) is 0 Å². The molecule has 46 valence electrons. The molecule has 3 nitrogen and oxygen atoms in total. The van der Waals surface area contributed by atoms with Crippen LogP contribution in [0.2, 0.25) is 0 Å². The highest BCUT2D eigenvalue weighted by molar-refractivity contribution is 4.41. The zero-order valence-electron chi connectivity index (χ0n) is 4.89. The van der Waals surface area contributed by atoms with Crippen molar-refractivity contribution in [2.24, 2.45) is 0 Å². The Hall–Kier alpha value is -0.750. The van der Waals surface area contributed by atoms with Crippen LogP contribution in [0.25, 0.3) is 0 Å². The third-order valence-electron chi connectivity index (χ3n) is 0.555. The molecule has 0 saturated carbocycles. The molecule has 0 spiro atoms. The summed E-state index contributed by atoms with van der Waals surface area (Å²) < 4.78 is 9.00. The van der Waals surface area contributed by atoms with Crippen molar-refractivity contribution in [1.82, 2.24) is 0 Å². The van der Waals surface area contributed by atoms with E-state index in [1.54, 1.807) is 0 Å². The van der Waals surface area contributed by atoms with Crippen LogP contribution in [0, 0.1) is 11.5 Å². The minimum absolute atomic E-state index is 0.0876. The van der Waals surface area contributed by atoms with Gasteiger partial charge in [-0.1, -0.05) is 6.92 Å². The molecule has 8 heavy (non-hydrogen) atoms. The molecule has 0 atom stereocenters. The maximum atomic E-state index is 7.81.